The fourth-order valence-electron chi connectivity index (χ4n) is 3.93. The van der Waals surface area contributed by atoms with E-state index in [2.05, 4.69) is 5.32 Å². The largest absolute Gasteiger partial charge is 0.325 e. The highest BCUT2D eigenvalue weighted by molar-refractivity contribution is 7.89. The summed E-state index contributed by atoms with van der Waals surface area (Å²) in [5.41, 5.74) is 0.529. The van der Waals surface area contributed by atoms with Crippen LogP contribution in [0.2, 0.25) is 0 Å². The molecule has 3 rings (SSSR count). The van der Waals surface area contributed by atoms with E-state index in [1.54, 1.807) is 26.0 Å². The van der Waals surface area contributed by atoms with E-state index in [1.165, 1.54) is 20.7 Å². The number of nitrogens with zero attached hydrogens (tertiary/aromatic N) is 3. The minimum absolute atomic E-state index is 0.0759. The molecule has 1 aromatic carbocycles. The van der Waals surface area contributed by atoms with Crippen LogP contribution in [-0.4, -0.2) is 87.3 Å². The standard InChI is InChI=1S/C20H32N4O5S2/c1-3-30(26,27)23-15-13-22(14-16-23)17(2)20(25)21-18-7-9-19(10-8-18)31(28,29)24-11-5-4-6-12-24/h7-10,17H,3-6,11-16H2,1-2H3,(H,21,25). The third kappa shape index (κ3) is 5.64. The monoisotopic (exact) mass is 472 g/mol. The van der Waals surface area contributed by atoms with Crippen molar-refractivity contribution in [1.29, 1.82) is 0 Å². The Labute approximate surface area is 185 Å². The third-order valence-electron chi connectivity index (χ3n) is 6.03. The van der Waals surface area contributed by atoms with E-state index in [-0.39, 0.29) is 16.6 Å². The molecule has 1 aromatic rings. The van der Waals surface area contributed by atoms with Gasteiger partial charge in [-0.1, -0.05) is 6.42 Å². The lowest BCUT2D eigenvalue weighted by Crippen LogP contribution is -2.54. The fraction of sp³-hybridized carbons (Fsp3) is 0.650. The van der Waals surface area contributed by atoms with Gasteiger partial charge in [0, 0.05) is 45.0 Å². The van der Waals surface area contributed by atoms with Gasteiger partial charge < -0.3 is 5.32 Å². The van der Waals surface area contributed by atoms with Crippen molar-refractivity contribution in [2.24, 2.45) is 0 Å². The van der Waals surface area contributed by atoms with Crippen LogP contribution in [0.3, 0.4) is 0 Å². The number of benzene rings is 1. The molecule has 2 heterocycles. The molecule has 0 bridgehead atoms. The van der Waals surface area contributed by atoms with Crippen LogP contribution in [0.4, 0.5) is 5.69 Å². The van der Waals surface area contributed by atoms with Crippen molar-refractivity contribution in [2.75, 3.05) is 50.3 Å². The minimum atomic E-state index is -3.50. The Hall–Kier alpha value is -1.53. The van der Waals surface area contributed by atoms with Crippen LogP contribution in [0.5, 0.6) is 0 Å². The lowest BCUT2D eigenvalue weighted by Gasteiger charge is -2.36. The summed E-state index contributed by atoms with van der Waals surface area (Å²) >= 11 is 0. The summed E-state index contributed by atoms with van der Waals surface area (Å²) in [4.78, 5) is 14.8. The van der Waals surface area contributed by atoms with Gasteiger partial charge in [0.05, 0.1) is 16.7 Å². The lowest BCUT2D eigenvalue weighted by atomic mass is 10.2. The van der Waals surface area contributed by atoms with Gasteiger partial charge in [0.25, 0.3) is 0 Å². The van der Waals surface area contributed by atoms with Crippen molar-refractivity contribution in [1.82, 2.24) is 13.5 Å². The molecule has 11 heteroatoms. The highest BCUT2D eigenvalue weighted by Crippen LogP contribution is 2.22. The molecule has 1 N–H and O–H groups in total. The molecular formula is C20H32N4O5S2. The van der Waals surface area contributed by atoms with Gasteiger partial charge in [0.1, 0.15) is 0 Å². The molecule has 0 radical (unpaired) electrons. The Kier molecular flexibility index (Phi) is 7.74. The van der Waals surface area contributed by atoms with Crippen LogP contribution in [0.15, 0.2) is 29.2 Å². The zero-order valence-electron chi connectivity index (χ0n) is 18.2. The summed E-state index contributed by atoms with van der Waals surface area (Å²) in [5, 5.41) is 2.83. The van der Waals surface area contributed by atoms with E-state index in [1.807, 2.05) is 4.90 Å². The quantitative estimate of drug-likeness (QED) is 0.638. The molecular weight excluding hydrogens is 440 g/mol. The molecule has 0 saturated carbocycles. The van der Waals surface area contributed by atoms with Crippen molar-refractivity contribution in [3.63, 3.8) is 0 Å². The van der Waals surface area contributed by atoms with E-state index in [4.69, 9.17) is 0 Å². The molecule has 1 atom stereocenters. The zero-order valence-corrected chi connectivity index (χ0v) is 19.8. The summed E-state index contributed by atoms with van der Waals surface area (Å²) in [6, 6.07) is 5.83. The number of carbonyl (C=O) groups excluding carboxylic acids is 1. The van der Waals surface area contributed by atoms with Crippen LogP contribution < -0.4 is 5.32 Å². The number of piperazine rings is 1. The maximum atomic E-state index is 12.7. The second-order valence-corrected chi connectivity index (χ2v) is 12.2. The van der Waals surface area contributed by atoms with Gasteiger partial charge in [0.15, 0.2) is 0 Å². The van der Waals surface area contributed by atoms with Gasteiger partial charge in [0.2, 0.25) is 26.0 Å². The average molecular weight is 473 g/mol. The van der Waals surface area contributed by atoms with E-state index in [0.29, 0.717) is 45.0 Å². The highest BCUT2D eigenvalue weighted by Gasteiger charge is 2.30. The highest BCUT2D eigenvalue weighted by atomic mass is 32.2. The Morgan fingerprint density at radius 1 is 0.903 bits per heavy atom. The first-order valence-corrected chi connectivity index (χ1v) is 13.8. The van der Waals surface area contributed by atoms with Crippen LogP contribution in [0.1, 0.15) is 33.1 Å². The van der Waals surface area contributed by atoms with Gasteiger partial charge in [-0.25, -0.2) is 16.8 Å². The van der Waals surface area contributed by atoms with Gasteiger partial charge >= 0.3 is 0 Å². The van der Waals surface area contributed by atoms with Crippen molar-refractivity contribution in [2.45, 2.75) is 44.0 Å². The summed E-state index contributed by atoms with van der Waals surface area (Å²) in [7, 11) is -6.71. The number of nitrogens with one attached hydrogen (secondary N) is 1. The van der Waals surface area contributed by atoms with Gasteiger partial charge in [-0.2, -0.15) is 8.61 Å². The molecule has 0 aromatic heterocycles. The summed E-state index contributed by atoms with van der Waals surface area (Å²) in [6.45, 7) is 6.22. The van der Waals surface area contributed by atoms with Crippen molar-refractivity contribution >= 4 is 31.6 Å². The predicted molar refractivity (Wildman–Crippen MR) is 120 cm³/mol. The Morgan fingerprint density at radius 3 is 2.03 bits per heavy atom. The zero-order chi connectivity index (χ0) is 22.6. The minimum Gasteiger partial charge on any atom is -0.325 e. The molecule has 2 aliphatic heterocycles. The van der Waals surface area contributed by atoms with E-state index in [9.17, 15) is 21.6 Å². The smallest absolute Gasteiger partial charge is 0.243 e. The van der Waals surface area contributed by atoms with E-state index >= 15 is 0 Å². The van der Waals surface area contributed by atoms with Crippen LogP contribution in [-0.2, 0) is 24.8 Å². The van der Waals surface area contributed by atoms with Crippen molar-refractivity contribution in [3.8, 4) is 0 Å². The molecule has 2 aliphatic rings. The van der Waals surface area contributed by atoms with E-state index in [0.717, 1.165) is 19.3 Å². The Bertz CT molecular complexity index is 965. The SMILES string of the molecule is CCS(=O)(=O)N1CCN(C(C)C(=O)Nc2ccc(S(=O)(=O)N3CCCCC3)cc2)CC1. The summed E-state index contributed by atoms with van der Waals surface area (Å²) < 4.78 is 52.4. The fourth-order valence-corrected chi connectivity index (χ4v) is 6.53. The van der Waals surface area contributed by atoms with Crippen LogP contribution >= 0.6 is 0 Å². The first-order chi connectivity index (χ1) is 14.6. The first-order valence-electron chi connectivity index (χ1n) is 10.8. The number of piperidine rings is 1. The van der Waals surface area contributed by atoms with Crippen molar-refractivity contribution < 1.29 is 21.6 Å². The average Bonchev–Trinajstić information content (AvgIpc) is 2.79. The molecule has 1 amide bonds. The summed E-state index contributed by atoms with van der Waals surface area (Å²) in [5.74, 6) is -0.134. The number of carbonyl (C=O) groups is 1. The Morgan fingerprint density at radius 2 is 1.48 bits per heavy atom. The lowest BCUT2D eigenvalue weighted by molar-refractivity contribution is -0.121. The Balaban J connectivity index is 1.57. The molecule has 9 nitrogen and oxygen atoms in total. The molecule has 0 aliphatic carbocycles. The van der Waals surface area contributed by atoms with Gasteiger partial charge in [-0.3, -0.25) is 9.69 Å². The first kappa shape index (κ1) is 24.1. The number of hydrogen-bond donors (Lipinski definition) is 1. The topological polar surface area (TPSA) is 107 Å². The number of rotatable bonds is 7. The van der Waals surface area contributed by atoms with Crippen LogP contribution in [0, 0.1) is 0 Å². The maximum Gasteiger partial charge on any atom is 0.243 e. The molecule has 31 heavy (non-hydrogen) atoms. The maximum absolute atomic E-state index is 12.7. The number of anilines is 1. The molecule has 2 fully saturated rings. The second kappa shape index (κ2) is 9.95. The second-order valence-electron chi connectivity index (χ2n) is 7.99. The third-order valence-corrected chi connectivity index (χ3v) is 9.83. The van der Waals surface area contributed by atoms with Gasteiger partial charge in [-0.15, -0.1) is 0 Å². The summed E-state index contributed by atoms with van der Waals surface area (Å²) in [6.07, 6.45) is 2.81. The van der Waals surface area contributed by atoms with Gasteiger partial charge in [-0.05, 0) is 51.0 Å². The van der Waals surface area contributed by atoms with Crippen molar-refractivity contribution in [3.05, 3.63) is 24.3 Å². The molecule has 1 unspecified atom stereocenters. The molecule has 2 saturated heterocycles. The van der Waals surface area contributed by atoms with Crippen LogP contribution in [0.25, 0.3) is 0 Å². The number of hydrogen-bond acceptors (Lipinski definition) is 6. The predicted octanol–water partition coefficient (Wildman–Crippen LogP) is 1.16. The van der Waals surface area contributed by atoms with E-state index < -0.39 is 26.1 Å². The normalized spacial score (nSPS) is 21.0. The molecule has 174 valence electrons. The number of amides is 1. The molecule has 0 spiro atoms. The number of sulfonamides is 2.